The third-order valence-electron chi connectivity index (χ3n) is 2.15. The Hall–Kier alpha value is -1.82. The summed E-state index contributed by atoms with van der Waals surface area (Å²) in [5.74, 6) is -0.217. The van der Waals surface area contributed by atoms with E-state index in [1.165, 1.54) is 0 Å². The molecule has 1 aromatic carbocycles. The molecule has 1 amide bonds. The molecule has 88 valence electrons. The van der Waals surface area contributed by atoms with Gasteiger partial charge in [-0.15, -0.1) is 0 Å². The van der Waals surface area contributed by atoms with Crippen LogP contribution in [0.3, 0.4) is 0 Å². The lowest BCUT2D eigenvalue weighted by molar-refractivity contribution is 0.102. The summed E-state index contributed by atoms with van der Waals surface area (Å²) in [4.78, 5) is 11.9. The number of aryl methyl sites for hydroxylation is 1. The summed E-state index contributed by atoms with van der Waals surface area (Å²) in [5.41, 5.74) is 7.36. The molecule has 0 saturated carbocycles. The van der Waals surface area contributed by atoms with Crippen LogP contribution in [-0.2, 0) is 7.05 Å². The van der Waals surface area contributed by atoms with E-state index in [1.54, 1.807) is 42.3 Å². The monoisotopic (exact) mass is 294 g/mol. The van der Waals surface area contributed by atoms with Crippen LogP contribution >= 0.6 is 15.9 Å². The summed E-state index contributed by atoms with van der Waals surface area (Å²) in [6.45, 7) is 0. The quantitative estimate of drug-likeness (QED) is 0.832. The number of halogens is 1. The zero-order valence-electron chi connectivity index (χ0n) is 9.14. The minimum atomic E-state index is -0.217. The molecule has 0 unspecified atom stereocenters. The van der Waals surface area contributed by atoms with Crippen molar-refractivity contribution in [3.63, 3.8) is 0 Å². The highest BCUT2D eigenvalue weighted by Gasteiger charge is 2.08. The number of benzene rings is 1. The van der Waals surface area contributed by atoms with Crippen LogP contribution in [0.2, 0.25) is 0 Å². The van der Waals surface area contributed by atoms with E-state index in [-0.39, 0.29) is 5.91 Å². The molecule has 5 nitrogen and oxygen atoms in total. The van der Waals surface area contributed by atoms with Gasteiger partial charge in [-0.05, 0) is 18.2 Å². The van der Waals surface area contributed by atoms with Gasteiger partial charge in [0.2, 0.25) is 0 Å². The van der Waals surface area contributed by atoms with E-state index in [1.807, 2.05) is 0 Å². The maximum Gasteiger partial charge on any atom is 0.255 e. The maximum atomic E-state index is 11.9. The summed E-state index contributed by atoms with van der Waals surface area (Å²) in [6.07, 6.45) is 3.30. The van der Waals surface area contributed by atoms with Crippen molar-refractivity contribution in [2.45, 2.75) is 0 Å². The molecule has 0 aliphatic carbocycles. The van der Waals surface area contributed by atoms with Crippen molar-refractivity contribution in [1.29, 1.82) is 0 Å². The molecule has 0 bridgehead atoms. The molecule has 6 heteroatoms. The molecular weight excluding hydrogens is 284 g/mol. The zero-order valence-corrected chi connectivity index (χ0v) is 10.7. The molecule has 0 saturated heterocycles. The normalized spacial score (nSPS) is 10.2. The first-order valence-electron chi connectivity index (χ1n) is 4.90. The van der Waals surface area contributed by atoms with Crippen LogP contribution in [0.4, 0.5) is 11.4 Å². The number of carbonyl (C=O) groups excluding carboxylic acids is 1. The Morgan fingerprint density at radius 1 is 1.47 bits per heavy atom. The predicted octanol–water partition coefficient (Wildman–Crippen LogP) is 2.02. The number of amides is 1. The lowest BCUT2D eigenvalue weighted by Crippen LogP contribution is -2.11. The first kappa shape index (κ1) is 11.7. The number of nitrogens with one attached hydrogen (secondary N) is 1. The Bertz CT molecular complexity index is 544. The van der Waals surface area contributed by atoms with Crippen molar-refractivity contribution >= 4 is 33.2 Å². The van der Waals surface area contributed by atoms with Crippen LogP contribution in [0, 0.1) is 0 Å². The minimum Gasteiger partial charge on any atom is -0.399 e. The van der Waals surface area contributed by atoms with Gasteiger partial charge in [0, 0.05) is 29.0 Å². The van der Waals surface area contributed by atoms with Crippen molar-refractivity contribution in [2.24, 2.45) is 7.05 Å². The standard InChI is InChI=1S/C11H11BrN4O/c1-16-6-10(5-14-16)15-11(17)7-2-8(12)4-9(13)3-7/h2-6H,13H2,1H3,(H,15,17). The van der Waals surface area contributed by atoms with Gasteiger partial charge >= 0.3 is 0 Å². The minimum absolute atomic E-state index is 0.217. The van der Waals surface area contributed by atoms with E-state index in [0.29, 0.717) is 16.9 Å². The first-order valence-corrected chi connectivity index (χ1v) is 5.70. The Morgan fingerprint density at radius 3 is 2.82 bits per heavy atom. The largest absolute Gasteiger partial charge is 0.399 e. The van der Waals surface area contributed by atoms with E-state index < -0.39 is 0 Å². The highest BCUT2D eigenvalue weighted by atomic mass is 79.9. The summed E-state index contributed by atoms with van der Waals surface area (Å²) in [5, 5.41) is 6.70. The van der Waals surface area contributed by atoms with Gasteiger partial charge in [0.25, 0.3) is 5.91 Å². The van der Waals surface area contributed by atoms with E-state index in [9.17, 15) is 4.79 Å². The molecule has 0 aliphatic rings. The Balaban J connectivity index is 2.19. The van der Waals surface area contributed by atoms with Crippen LogP contribution in [0.1, 0.15) is 10.4 Å². The Kier molecular flexibility index (Phi) is 3.14. The molecule has 3 N–H and O–H groups in total. The lowest BCUT2D eigenvalue weighted by atomic mass is 10.2. The number of carbonyl (C=O) groups is 1. The number of hydrogen-bond donors (Lipinski definition) is 2. The zero-order chi connectivity index (χ0) is 12.4. The SMILES string of the molecule is Cn1cc(NC(=O)c2cc(N)cc(Br)c2)cn1. The van der Waals surface area contributed by atoms with Crippen molar-refractivity contribution in [1.82, 2.24) is 9.78 Å². The molecule has 2 aromatic rings. The van der Waals surface area contributed by atoms with Crippen molar-refractivity contribution in [2.75, 3.05) is 11.1 Å². The molecule has 17 heavy (non-hydrogen) atoms. The maximum absolute atomic E-state index is 11.9. The first-order chi connectivity index (χ1) is 8.04. The number of nitrogens with zero attached hydrogens (tertiary/aromatic N) is 2. The average molecular weight is 295 g/mol. The van der Waals surface area contributed by atoms with Crippen LogP contribution in [0.15, 0.2) is 35.1 Å². The molecule has 0 radical (unpaired) electrons. The Labute approximate surface area is 107 Å². The van der Waals surface area contributed by atoms with E-state index in [4.69, 9.17) is 5.73 Å². The van der Waals surface area contributed by atoms with Crippen molar-refractivity contribution in [3.05, 3.63) is 40.6 Å². The Morgan fingerprint density at radius 2 is 2.24 bits per heavy atom. The third-order valence-corrected chi connectivity index (χ3v) is 2.60. The summed E-state index contributed by atoms with van der Waals surface area (Å²) in [6, 6.07) is 5.07. The van der Waals surface area contributed by atoms with Gasteiger partial charge in [-0.1, -0.05) is 15.9 Å². The van der Waals surface area contributed by atoms with Crippen molar-refractivity contribution < 1.29 is 4.79 Å². The smallest absolute Gasteiger partial charge is 0.255 e. The summed E-state index contributed by atoms with van der Waals surface area (Å²) >= 11 is 3.29. The molecule has 2 rings (SSSR count). The highest BCUT2D eigenvalue weighted by molar-refractivity contribution is 9.10. The lowest BCUT2D eigenvalue weighted by Gasteiger charge is -2.04. The third kappa shape index (κ3) is 2.85. The second kappa shape index (κ2) is 4.58. The van der Waals surface area contributed by atoms with Gasteiger partial charge in [0.15, 0.2) is 0 Å². The van der Waals surface area contributed by atoms with Gasteiger partial charge in [-0.3, -0.25) is 9.48 Å². The number of nitrogen functional groups attached to an aromatic ring is 1. The molecule has 1 heterocycles. The van der Waals surface area contributed by atoms with Crippen LogP contribution in [0.5, 0.6) is 0 Å². The number of aromatic nitrogens is 2. The molecule has 0 atom stereocenters. The second-order valence-corrected chi connectivity index (χ2v) is 4.55. The molecular formula is C11H11BrN4O. The second-order valence-electron chi connectivity index (χ2n) is 3.63. The number of hydrogen-bond acceptors (Lipinski definition) is 3. The molecule has 1 aromatic heterocycles. The van der Waals surface area contributed by atoms with E-state index >= 15 is 0 Å². The topological polar surface area (TPSA) is 72.9 Å². The molecule has 0 aliphatic heterocycles. The van der Waals surface area contributed by atoms with Gasteiger partial charge in [-0.2, -0.15) is 5.10 Å². The van der Waals surface area contributed by atoms with Gasteiger partial charge < -0.3 is 11.1 Å². The van der Waals surface area contributed by atoms with E-state index in [0.717, 1.165) is 4.47 Å². The summed E-state index contributed by atoms with van der Waals surface area (Å²) in [7, 11) is 1.78. The fraction of sp³-hybridized carbons (Fsp3) is 0.0909. The number of nitrogens with two attached hydrogens (primary N) is 1. The fourth-order valence-corrected chi connectivity index (χ4v) is 1.94. The number of rotatable bonds is 2. The highest BCUT2D eigenvalue weighted by Crippen LogP contribution is 2.18. The molecule has 0 spiro atoms. The summed E-state index contributed by atoms with van der Waals surface area (Å²) < 4.78 is 2.39. The average Bonchev–Trinajstić information content (AvgIpc) is 2.62. The van der Waals surface area contributed by atoms with E-state index in [2.05, 4.69) is 26.3 Å². The van der Waals surface area contributed by atoms with Gasteiger partial charge in [0.1, 0.15) is 0 Å². The van der Waals surface area contributed by atoms with Gasteiger partial charge in [0.05, 0.1) is 11.9 Å². The van der Waals surface area contributed by atoms with Crippen molar-refractivity contribution in [3.8, 4) is 0 Å². The van der Waals surface area contributed by atoms with Crippen LogP contribution in [-0.4, -0.2) is 15.7 Å². The van der Waals surface area contributed by atoms with Gasteiger partial charge in [-0.25, -0.2) is 0 Å². The predicted molar refractivity (Wildman–Crippen MR) is 69.7 cm³/mol. The van der Waals surface area contributed by atoms with Crippen LogP contribution < -0.4 is 11.1 Å². The number of anilines is 2. The van der Waals surface area contributed by atoms with Crippen LogP contribution in [0.25, 0.3) is 0 Å². The molecule has 0 fully saturated rings. The fourth-order valence-electron chi connectivity index (χ4n) is 1.43.